The summed E-state index contributed by atoms with van der Waals surface area (Å²) < 4.78 is 34.2. The maximum Gasteiger partial charge on any atom is 0.243 e. The van der Waals surface area contributed by atoms with E-state index >= 15 is 0 Å². The minimum Gasteiger partial charge on any atom is -0.497 e. The van der Waals surface area contributed by atoms with Crippen LogP contribution >= 0.6 is 0 Å². The van der Waals surface area contributed by atoms with Crippen LogP contribution < -0.4 is 4.74 Å². The summed E-state index contributed by atoms with van der Waals surface area (Å²) in [6, 6.07) is 16.4. The summed E-state index contributed by atoms with van der Waals surface area (Å²) in [6.45, 7) is 3.25. The summed E-state index contributed by atoms with van der Waals surface area (Å²) in [5.74, 6) is 1.47. The molecule has 0 unspecified atom stereocenters. The Hall–Kier alpha value is -2.82. The molecule has 0 radical (unpaired) electrons. The molecule has 0 spiro atoms. The molecular weight excluding hydrogens is 416 g/mol. The Morgan fingerprint density at radius 3 is 2.35 bits per heavy atom. The van der Waals surface area contributed by atoms with Gasteiger partial charge in [-0.1, -0.05) is 18.2 Å². The molecule has 0 atom stereocenters. The molecule has 1 aliphatic heterocycles. The molecule has 0 bridgehead atoms. The van der Waals surface area contributed by atoms with Gasteiger partial charge in [0.1, 0.15) is 5.75 Å². The Kier molecular flexibility index (Phi) is 6.59. The molecule has 31 heavy (non-hydrogen) atoms. The van der Waals surface area contributed by atoms with Crippen molar-refractivity contribution >= 4 is 10.0 Å². The number of nitrogens with zero attached hydrogens (tertiary/aromatic N) is 6. The van der Waals surface area contributed by atoms with Crippen molar-refractivity contribution in [2.24, 2.45) is 0 Å². The van der Waals surface area contributed by atoms with E-state index < -0.39 is 10.0 Å². The Bertz CT molecular complexity index is 1080. The number of benzene rings is 2. The summed E-state index contributed by atoms with van der Waals surface area (Å²) >= 11 is 0. The molecule has 0 aliphatic carbocycles. The molecule has 3 aromatic rings. The highest BCUT2D eigenvalue weighted by molar-refractivity contribution is 7.89. The maximum absolute atomic E-state index is 12.9. The van der Waals surface area contributed by atoms with E-state index in [0.717, 1.165) is 30.9 Å². The zero-order valence-corrected chi connectivity index (χ0v) is 18.3. The van der Waals surface area contributed by atoms with E-state index in [4.69, 9.17) is 4.74 Å². The van der Waals surface area contributed by atoms with Crippen molar-refractivity contribution in [2.75, 3.05) is 39.8 Å². The number of aromatic nitrogens is 4. The molecule has 2 heterocycles. The number of piperazine rings is 1. The first kappa shape index (κ1) is 21.4. The van der Waals surface area contributed by atoms with Crippen LogP contribution in [0.3, 0.4) is 0 Å². The molecule has 2 aromatic carbocycles. The predicted molar refractivity (Wildman–Crippen MR) is 116 cm³/mol. The monoisotopic (exact) mass is 442 g/mol. The average molecular weight is 443 g/mol. The second kappa shape index (κ2) is 9.54. The Morgan fingerprint density at radius 2 is 1.68 bits per heavy atom. The molecule has 10 heteroatoms. The van der Waals surface area contributed by atoms with Crippen LogP contribution in [-0.2, 0) is 16.4 Å². The zero-order chi connectivity index (χ0) is 21.7. The fourth-order valence-corrected chi connectivity index (χ4v) is 5.10. The van der Waals surface area contributed by atoms with Gasteiger partial charge in [0.05, 0.1) is 17.7 Å². The zero-order valence-electron chi connectivity index (χ0n) is 17.5. The molecule has 1 saturated heterocycles. The summed E-state index contributed by atoms with van der Waals surface area (Å²) in [7, 11) is -1.92. The van der Waals surface area contributed by atoms with E-state index in [1.165, 1.54) is 0 Å². The third kappa shape index (κ3) is 4.92. The standard InChI is InChI=1S/C21H26N6O3S/c1-30-19-9-11-20(12-10-19)31(28,29)26-16-14-25(15-17-26)13-5-8-21-22-23-24-27(21)18-6-3-2-4-7-18/h2-4,6-7,9-12H,5,8,13-17H2,1H3. The molecule has 1 aliphatic rings. The van der Waals surface area contributed by atoms with E-state index in [9.17, 15) is 8.42 Å². The fourth-order valence-electron chi connectivity index (χ4n) is 3.68. The molecule has 0 saturated carbocycles. The van der Waals surface area contributed by atoms with E-state index in [1.54, 1.807) is 40.4 Å². The quantitative estimate of drug-likeness (QED) is 0.523. The van der Waals surface area contributed by atoms with Crippen LogP contribution in [0.2, 0.25) is 0 Å². The summed E-state index contributed by atoms with van der Waals surface area (Å²) in [5, 5.41) is 12.1. The van der Waals surface area contributed by atoms with Crippen molar-refractivity contribution in [2.45, 2.75) is 17.7 Å². The summed E-state index contributed by atoms with van der Waals surface area (Å²) in [5.41, 5.74) is 0.944. The summed E-state index contributed by atoms with van der Waals surface area (Å²) in [4.78, 5) is 2.59. The first-order chi connectivity index (χ1) is 15.1. The van der Waals surface area contributed by atoms with Crippen LogP contribution in [0, 0.1) is 0 Å². The third-order valence-corrected chi connectivity index (χ3v) is 7.35. The molecule has 1 aromatic heterocycles. The molecule has 9 nitrogen and oxygen atoms in total. The van der Waals surface area contributed by atoms with Crippen LogP contribution in [0.25, 0.3) is 5.69 Å². The third-order valence-electron chi connectivity index (χ3n) is 5.44. The van der Waals surface area contributed by atoms with Crippen molar-refractivity contribution in [1.82, 2.24) is 29.4 Å². The second-order valence-corrected chi connectivity index (χ2v) is 9.31. The second-order valence-electron chi connectivity index (χ2n) is 7.37. The van der Waals surface area contributed by atoms with Gasteiger partial charge < -0.3 is 9.64 Å². The van der Waals surface area contributed by atoms with Gasteiger partial charge in [0, 0.05) is 32.6 Å². The Balaban J connectivity index is 1.28. The van der Waals surface area contributed by atoms with Gasteiger partial charge in [0.15, 0.2) is 5.82 Å². The minimum absolute atomic E-state index is 0.300. The van der Waals surface area contributed by atoms with Crippen LogP contribution in [0.5, 0.6) is 5.75 Å². The van der Waals surface area contributed by atoms with Gasteiger partial charge >= 0.3 is 0 Å². The van der Waals surface area contributed by atoms with Gasteiger partial charge in [-0.3, -0.25) is 0 Å². The van der Waals surface area contributed by atoms with E-state index in [0.29, 0.717) is 36.8 Å². The lowest BCUT2D eigenvalue weighted by molar-refractivity contribution is 0.186. The smallest absolute Gasteiger partial charge is 0.243 e. The van der Waals surface area contributed by atoms with Gasteiger partial charge in [0.25, 0.3) is 0 Å². The number of hydrogen-bond donors (Lipinski definition) is 0. The lowest BCUT2D eigenvalue weighted by atomic mass is 10.2. The number of rotatable bonds is 8. The number of sulfonamides is 1. The Morgan fingerprint density at radius 1 is 0.968 bits per heavy atom. The van der Waals surface area contributed by atoms with Crippen molar-refractivity contribution in [1.29, 1.82) is 0 Å². The van der Waals surface area contributed by atoms with Gasteiger partial charge in [-0.2, -0.15) is 8.99 Å². The topological polar surface area (TPSA) is 93.5 Å². The highest BCUT2D eigenvalue weighted by Crippen LogP contribution is 2.21. The molecule has 0 amide bonds. The molecular formula is C21H26N6O3S. The number of hydrogen-bond acceptors (Lipinski definition) is 7. The highest BCUT2D eigenvalue weighted by atomic mass is 32.2. The van der Waals surface area contributed by atoms with E-state index in [-0.39, 0.29) is 0 Å². The molecule has 164 valence electrons. The Labute approximate surface area is 182 Å². The largest absolute Gasteiger partial charge is 0.497 e. The van der Waals surface area contributed by atoms with Gasteiger partial charge in [-0.15, -0.1) is 5.10 Å². The molecule has 0 N–H and O–H groups in total. The van der Waals surface area contributed by atoms with Crippen molar-refractivity contribution in [3.63, 3.8) is 0 Å². The number of methoxy groups -OCH3 is 1. The SMILES string of the molecule is COc1ccc(S(=O)(=O)N2CCN(CCCc3nnnn3-c3ccccc3)CC2)cc1. The maximum atomic E-state index is 12.9. The number of tetrazole rings is 1. The van der Waals surface area contributed by atoms with Crippen LogP contribution in [0.1, 0.15) is 12.2 Å². The van der Waals surface area contributed by atoms with Gasteiger partial charge in [-0.05, 0) is 59.8 Å². The highest BCUT2D eigenvalue weighted by Gasteiger charge is 2.28. The first-order valence-electron chi connectivity index (χ1n) is 10.3. The van der Waals surface area contributed by atoms with Crippen LogP contribution in [0.4, 0.5) is 0 Å². The number of para-hydroxylation sites is 1. The van der Waals surface area contributed by atoms with Crippen molar-refractivity contribution in [3.05, 3.63) is 60.4 Å². The minimum atomic E-state index is -3.48. The van der Waals surface area contributed by atoms with Crippen molar-refractivity contribution in [3.8, 4) is 11.4 Å². The molecule has 1 fully saturated rings. The van der Waals surface area contributed by atoms with Gasteiger partial charge in [-0.25, -0.2) is 8.42 Å². The lowest BCUT2D eigenvalue weighted by Gasteiger charge is -2.33. The van der Waals surface area contributed by atoms with E-state index in [1.807, 2.05) is 30.3 Å². The van der Waals surface area contributed by atoms with E-state index in [2.05, 4.69) is 20.4 Å². The first-order valence-corrected chi connectivity index (χ1v) is 11.7. The fraction of sp³-hybridized carbons (Fsp3) is 0.381. The predicted octanol–water partition coefficient (Wildman–Crippen LogP) is 1.61. The number of aryl methyl sites for hydroxylation is 1. The summed E-state index contributed by atoms with van der Waals surface area (Å²) in [6.07, 6.45) is 1.66. The van der Waals surface area contributed by atoms with Gasteiger partial charge in [0.2, 0.25) is 10.0 Å². The normalized spacial score (nSPS) is 15.8. The van der Waals surface area contributed by atoms with Crippen molar-refractivity contribution < 1.29 is 13.2 Å². The average Bonchev–Trinajstić information content (AvgIpc) is 3.28. The lowest BCUT2D eigenvalue weighted by Crippen LogP contribution is -2.48. The van der Waals surface area contributed by atoms with Crippen LogP contribution in [0.15, 0.2) is 59.5 Å². The number of ether oxygens (including phenoxy) is 1. The van der Waals surface area contributed by atoms with Crippen LogP contribution in [-0.4, -0.2) is 77.7 Å². The molecule has 4 rings (SSSR count).